The van der Waals surface area contributed by atoms with Gasteiger partial charge in [0, 0.05) is 39.7 Å². The van der Waals surface area contributed by atoms with Crippen LogP contribution in [0.15, 0.2) is 41.3 Å². The maximum Gasteiger partial charge on any atom is 0.257 e. The molecule has 4 rings (SSSR count). The molecule has 1 amide bonds. The fraction of sp³-hybridized carbons (Fsp3) is 0.300. The van der Waals surface area contributed by atoms with E-state index in [9.17, 15) is 9.59 Å². The first-order chi connectivity index (χ1) is 14.5. The Kier molecular flexibility index (Phi) is 5.93. The number of halogens is 1. The number of carbonyl (C=O) groups is 1. The number of benzene rings is 1. The van der Waals surface area contributed by atoms with Crippen molar-refractivity contribution in [3.8, 4) is 11.1 Å². The summed E-state index contributed by atoms with van der Waals surface area (Å²) in [5.74, 6) is 4.99. The van der Waals surface area contributed by atoms with Crippen molar-refractivity contribution in [1.29, 1.82) is 0 Å². The Morgan fingerprint density at radius 3 is 2.70 bits per heavy atom. The van der Waals surface area contributed by atoms with E-state index in [1.165, 1.54) is 0 Å². The number of fused-ring (bicyclic) bond motifs is 1. The third kappa shape index (κ3) is 4.28. The number of H-pyrrole nitrogens is 1. The molecule has 1 aliphatic carbocycles. The summed E-state index contributed by atoms with van der Waals surface area (Å²) in [7, 11) is 0. The van der Waals surface area contributed by atoms with Gasteiger partial charge in [0.15, 0.2) is 0 Å². The molecular formula is C20H21ClN6O3. The van der Waals surface area contributed by atoms with Crippen molar-refractivity contribution < 1.29 is 9.73 Å². The summed E-state index contributed by atoms with van der Waals surface area (Å²) in [6.45, 7) is 0. The number of hydroxylamine groups is 1. The van der Waals surface area contributed by atoms with Crippen molar-refractivity contribution in [3.05, 3.63) is 51.9 Å². The van der Waals surface area contributed by atoms with Crippen LogP contribution in [0.25, 0.3) is 22.2 Å². The predicted molar refractivity (Wildman–Crippen MR) is 113 cm³/mol. The normalized spacial score (nSPS) is 18.9. The summed E-state index contributed by atoms with van der Waals surface area (Å²) in [6, 6.07) is 9.06. The number of aromatic nitrogens is 3. The molecule has 5 N–H and O–H groups in total. The van der Waals surface area contributed by atoms with Gasteiger partial charge >= 0.3 is 0 Å². The van der Waals surface area contributed by atoms with Crippen LogP contribution in [0.4, 0.5) is 5.95 Å². The Labute approximate surface area is 176 Å². The van der Waals surface area contributed by atoms with E-state index >= 15 is 0 Å². The molecule has 0 radical (unpaired) electrons. The molecular weight excluding hydrogens is 408 g/mol. The van der Waals surface area contributed by atoms with Gasteiger partial charge in [-0.15, -0.1) is 0 Å². The molecule has 0 aliphatic heterocycles. The average molecular weight is 429 g/mol. The number of nitrogens with two attached hydrogens (primary N) is 1. The van der Waals surface area contributed by atoms with Crippen molar-refractivity contribution in [2.45, 2.75) is 31.7 Å². The van der Waals surface area contributed by atoms with Crippen molar-refractivity contribution in [2.75, 3.05) is 5.32 Å². The van der Waals surface area contributed by atoms with Gasteiger partial charge in [-0.3, -0.25) is 9.59 Å². The zero-order valence-corrected chi connectivity index (χ0v) is 16.8. The highest BCUT2D eigenvalue weighted by Gasteiger charge is 2.26. The number of rotatable bonds is 5. The Balaban J connectivity index is 1.50. The smallest absolute Gasteiger partial charge is 0.257 e. The standard InChI is InChI=1S/C20H21ClN6O3/c21-16-4-2-1-3-14(16)15-9-12-10-23-20(26-17(12)25-19(15)29)24-13-7-5-11(6-8-13)18(28)27-30-22/h1-4,9-11,13H,5-8,22H2,(H,27,28)(H2,23,24,25,26,29). The van der Waals surface area contributed by atoms with E-state index in [1.807, 2.05) is 12.1 Å². The number of amides is 1. The van der Waals surface area contributed by atoms with Gasteiger partial charge in [0.25, 0.3) is 5.56 Å². The SMILES string of the molecule is NONC(=O)C1CCC(Nc2ncc3cc(-c4ccccc4Cl)c(=O)[nH]c3n2)CC1. The van der Waals surface area contributed by atoms with E-state index in [0.717, 1.165) is 12.8 Å². The first-order valence-corrected chi connectivity index (χ1v) is 10.00. The molecule has 10 heteroatoms. The first-order valence-electron chi connectivity index (χ1n) is 9.62. The predicted octanol–water partition coefficient (Wildman–Crippen LogP) is 2.53. The van der Waals surface area contributed by atoms with Crippen LogP contribution in [0.1, 0.15) is 25.7 Å². The number of hydrogen-bond acceptors (Lipinski definition) is 7. The van der Waals surface area contributed by atoms with Crippen molar-refractivity contribution in [2.24, 2.45) is 11.8 Å². The third-order valence-corrected chi connectivity index (χ3v) is 5.68. The minimum Gasteiger partial charge on any atom is -0.351 e. The van der Waals surface area contributed by atoms with E-state index in [-0.39, 0.29) is 23.4 Å². The van der Waals surface area contributed by atoms with Gasteiger partial charge in [0.2, 0.25) is 11.9 Å². The quantitative estimate of drug-likeness (QED) is 0.458. The Morgan fingerprint density at radius 1 is 1.20 bits per heavy atom. The molecule has 0 bridgehead atoms. The highest BCUT2D eigenvalue weighted by atomic mass is 35.5. The van der Waals surface area contributed by atoms with Crippen LogP contribution in [0, 0.1) is 5.92 Å². The van der Waals surface area contributed by atoms with Crippen LogP contribution in [0.5, 0.6) is 0 Å². The molecule has 1 saturated carbocycles. The van der Waals surface area contributed by atoms with E-state index in [0.29, 0.717) is 46.0 Å². The van der Waals surface area contributed by atoms with Crippen LogP contribution in [0.3, 0.4) is 0 Å². The molecule has 0 spiro atoms. The average Bonchev–Trinajstić information content (AvgIpc) is 2.74. The molecule has 0 unspecified atom stereocenters. The summed E-state index contributed by atoms with van der Waals surface area (Å²) >= 11 is 6.23. The van der Waals surface area contributed by atoms with Gasteiger partial charge in [0.05, 0.1) is 0 Å². The van der Waals surface area contributed by atoms with Gasteiger partial charge in [-0.2, -0.15) is 15.8 Å². The molecule has 156 valence electrons. The molecule has 1 aliphatic rings. The highest BCUT2D eigenvalue weighted by Crippen LogP contribution is 2.28. The number of carbonyl (C=O) groups excluding carboxylic acids is 1. The summed E-state index contributed by atoms with van der Waals surface area (Å²) in [5, 5.41) is 4.50. The molecule has 3 aromatic rings. The summed E-state index contributed by atoms with van der Waals surface area (Å²) in [6.07, 6.45) is 4.65. The first kappa shape index (κ1) is 20.3. The van der Waals surface area contributed by atoms with Crippen molar-refractivity contribution in [1.82, 2.24) is 20.4 Å². The molecule has 0 saturated heterocycles. The number of hydrogen-bond donors (Lipinski definition) is 4. The van der Waals surface area contributed by atoms with Crippen molar-refractivity contribution >= 4 is 34.5 Å². The summed E-state index contributed by atoms with van der Waals surface area (Å²) in [5.41, 5.74) is 3.48. The lowest BCUT2D eigenvalue weighted by molar-refractivity contribution is -0.139. The number of anilines is 1. The van der Waals surface area contributed by atoms with Crippen LogP contribution in [-0.2, 0) is 9.73 Å². The fourth-order valence-electron chi connectivity index (χ4n) is 3.77. The Morgan fingerprint density at radius 2 is 1.97 bits per heavy atom. The van der Waals surface area contributed by atoms with Crippen LogP contribution in [-0.4, -0.2) is 26.9 Å². The second-order valence-corrected chi connectivity index (χ2v) is 7.67. The maximum atomic E-state index is 12.6. The number of aromatic amines is 1. The topological polar surface area (TPSA) is 135 Å². The molecule has 1 fully saturated rings. The monoisotopic (exact) mass is 428 g/mol. The minimum absolute atomic E-state index is 0.122. The number of pyridine rings is 1. The Hall–Kier alpha value is -3.01. The fourth-order valence-corrected chi connectivity index (χ4v) is 4.00. The molecule has 1 aromatic carbocycles. The summed E-state index contributed by atoms with van der Waals surface area (Å²) in [4.78, 5) is 40.2. The van der Waals surface area contributed by atoms with Gasteiger partial charge in [0.1, 0.15) is 5.65 Å². The van der Waals surface area contributed by atoms with E-state index in [4.69, 9.17) is 17.5 Å². The van der Waals surface area contributed by atoms with Gasteiger partial charge < -0.3 is 10.3 Å². The van der Waals surface area contributed by atoms with Crippen LogP contribution >= 0.6 is 11.6 Å². The molecule has 2 aromatic heterocycles. The third-order valence-electron chi connectivity index (χ3n) is 5.35. The summed E-state index contributed by atoms with van der Waals surface area (Å²) < 4.78 is 0. The second-order valence-electron chi connectivity index (χ2n) is 7.27. The van der Waals surface area contributed by atoms with Gasteiger partial charge in [-0.25, -0.2) is 10.5 Å². The zero-order valence-electron chi connectivity index (χ0n) is 16.0. The maximum absolute atomic E-state index is 12.6. The van der Waals surface area contributed by atoms with Crippen LogP contribution < -0.4 is 22.3 Å². The lowest BCUT2D eigenvalue weighted by atomic mass is 9.85. The zero-order chi connectivity index (χ0) is 21.1. The number of nitrogens with zero attached hydrogens (tertiary/aromatic N) is 2. The van der Waals surface area contributed by atoms with E-state index in [1.54, 1.807) is 24.4 Å². The van der Waals surface area contributed by atoms with E-state index in [2.05, 4.69) is 30.7 Å². The van der Waals surface area contributed by atoms with Crippen LogP contribution in [0.2, 0.25) is 5.02 Å². The van der Waals surface area contributed by atoms with Gasteiger partial charge in [-0.05, 0) is 37.8 Å². The highest BCUT2D eigenvalue weighted by molar-refractivity contribution is 6.33. The van der Waals surface area contributed by atoms with Gasteiger partial charge in [-0.1, -0.05) is 29.8 Å². The Bertz CT molecular complexity index is 1130. The molecule has 2 heterocycles. The molecule has 30 heavy (non-hydrogen) atoms. The van der Waals surface area contributed by atoms with E-state index < -0.39 is 0 Å². The molecule has 9 nitrogen and oxygen atoms in total. The second kappa shape index (κ2) is 8.78. The largest absolute Gasteiger partial charge is 0.351 e. The lowest BCUT2D eigenvalue weighted by Crippen LogP contribution is -2.37. The number of nitrogens with one attached hydrogen (secondary N) is 3. The minimum atomic E-state index is -0.270. The lowest BCUT2D eigenvalue weighted by Gasteiger charge is -2.27. The molecule has 0 atom stereocenters. The van der Waals surface area contributed by atoms with Crippen molar-refractivity contribution in [3.63, 3.8) is 0 Å².